The molecule has 4 aromatic rings. The van der Waals surface area contributed by atoms with Crippen LogP contribution < -0.4 is 9.88 Å². The molecule has 1 amide bonds. The van der Waals surface area contributed by atoms with Gasteiger partial charge in [0.1, 0.15) is 42.6 Å². The molecule has 11 atom stereocenters. The molecule has 17 nitrogen and oxygen atoms in total. The number of hydrogen-bond acceptors (Lipinski definition) is 15. The molecule has 0 radical (unpaired) electrons. The first-order chi connectivity index (χ1) is 33.6. The van der Waals surface area contributed by atoms with Gasteiger partial charge in [-0.25, -0.2) is 19.0 Å². The van der Waals surface area contributed by atoms with Crippen LogP contribution in [0.1, 0.15) is 97.1 Å². The van der Waals surface area contributed by atoms with Gasteiger partial charge in [-0.2, -0.15) is 0 Å². The molecule has 2 saturated carbocycles. The first-order valence-electron chi connectivity index (χ1n) is 23.3. The number of Topliss-reactive ketones (excluding diaryl/α,β-unsaturated/α-hetero) is 1. The van der Waals surface area contributed by atoms with E-state index in [1.807, 2.05) is 0 Å². The quantitative estimate of drug-likeness (QED) is 0.0772. The molecule has 17 heteroatoms. The number of rotatable bonds is 12. The minimum Gasteiger partial charge on any atom is -0.455 e. The normalized spacial score (nSPS) is 29.2. The van der Waals surface area contributed by atoms with E-state index in [-0.39, 0.29) is 40.9 Å². The predicted octanol–water partition coefficient (Wildman–Crippen LogP) is 4.42. The molecule has 8 rings (SSSR count). The Balaban J connectivity index is 1.31. The Morgan fingerprint density at radius 1 is 0.789 bits per heavy atom. The van der Waals surface area contributed by atoms with Crippen molar-refractivity contribution >= 4 is 41.5 Å². The second-order valence-corrected chi connectivity index (χ2v) is 19.5. The lowest BCUT2D eigenvalue weighted by molar-refractivity contribution is -0.671. The van der Waals surface area contributed by atoms with Gasteiger partial charge in [-0.15, -0.1) is 0 Å². The summed E-state index contributed by atoms with van der Waals surface area (Å²) in [5, 5.41) is 29.0. The summed E-state index contributed by atoms with van der Waals surface area (Å²) in [7, 11) is 1.68. The first kappa shape index (κ1) is 50.3. The highest BCUT2D eigenvalue weighted by Gasteiger charge is 2.78. The lowest BCUT2D eigenvalue weighted by atomic mass is 9.44. The average molecular weight is 974 g/mol. The van der Waals surface area contributed by atoms with Gasteiger partial charge < -0.3 is 44.0 Å². The van der Waals surface area contributed by atoms with Crippen molar-refractivity contribution in [2.75, 3.05) is 6.61 Å². The maximum Gasteiger partial charge on any atom is 0.350 e. The highest BCUT2D eigenvalue weighted by atomic mass is 16.6. The number of nitrogens with one attached hydrogen (secondary N) is 1. The van der Waals surface area contributed by atoms with Crippen LogP contribution in [-0.2, 0) is 54.6 Å². The molecule has 5 unspecified atom stereocenters. The lowest BCUT2D eigenvalue weighted by Gasteiger charge is -2.67. The number of fused-ring (bicyclic) bond motifs is 5. The number of aromatic nitrogens is 1. The highest BCUT2D eigenvalue weighted by Crippen LogP contribution is 2.64. The molecule has 372 valence electrons. The molecule has 0 spiro atoms. The van der Waals surface area contributed by atoms with Crippen molar-refractivity contribution in [3.05, 3.63) is 149 Å². The maximum atomic E-state index is 15.7. The van der Waals surface area contributed by atoms with Gasteiger partial charge in [0.25, 0.3) is 5.91 Å². The van der Waals surface area contributed by atoms with Crippen molar-refractivity contribution in [1.29, 1.82) is 0 Å². The van der Waals surface area contributed by atoms with Crippen LogP contribution in [0, 0.1) is 16.7 Å². The fourth-order valence-electron chi connectivity index (χ4n) is 11.2. The summed E-state index contributed by atoms with van der Waals surface area (Å²) in [6, 6.07) is 25.9. The van der Waals surface area contributed by atoms with Gasteiger partial charge in [-0.1, -0.05) is 80.6 Å². The molecule has 3 aromatic carbocycles. The number of carbonyl (C=O) groups is 7. The Labute approximate surface area is 410 Å². The zero-order chi connectivity index (χ0) is 51.2. The molecule has 4 aliphatic rings. The number of esters is 5. The minimum atomic E-state index is -2.46. The van der Waals surface area contributed by atoms with E-state index >= 15 is 9.59 Å². The van der Waals surface area contributed by atoms with E-state index in [1.165, 1.54) is 38.2 Å². The Morgan fingerprint density at radius 3 is 1.97 bits per heavy atom. The summed E-state index contributed by atoms with van der Waals surface area (Å²) in [5.41, 5.74) is -7.33. The first-order valence-corrected chi connectivity index (χ1v) is 23.3. The molecule has 1 aromatic heterocycles. The Kier molecular flexibility index (Phi) is 13.6. The van der Waals surface area contributed by atoms with Crippen molar-refractivity contribution in [2.24, 2.45) is 23.8 Å². The number of nitrogens with zero attached hydrogens (tertiary/aromatic N) is 1. The second-order valence-electron chi connectivity index (χ2n) is 19.5. The number of pyridine rings is 1. The molecular formula is C54H57N2O15+. The van der Waals surface area contributed by atoms with Gasteiger partial charge in [-0.3, -0.25) is 19.2 Å². The van der Waals surface area contributed by atoms with Crippen LogP contribution in [0.2, 0.25) is 0 Å². The zero-order valence-corrected chi connectivity index (χ0v) is 40.4. The fourth-order valence-corrected chi connectivity index (χ4v) is 11.2. The van der Waals surface area contributed by atoms with Crippen molar-refractivity contribution in [1.82, 2.24) is 5.32 Å². The number of benzene rings is 3. The Morgan fingerprint density at radius 2 is 1.39 bits per heavy atom. The number of amides is 1. The summed E-state index contributed by atoms with van der Waals surface area (Å²) in [5.74, 6) is -7.95. The van der Waals surface area contributed by atoms with Crippen LogP contribution in [-0.4, -0.2) is 106 Å². The number of ketones is 1. The van der Waals surface area contributed by atoms with Crippen LogP contribution in [0.15, 0.2) is 127 Å². The molecule has 2 bridgehead atoms. The molecular weight excluding hydrogens is 917 g/mol. The molecule has 3 fully saturated rings. The van der Waals surface area contributed by atoms with E-state index in [9.17, 15) is 34.2 Å². The van der Waals surface area contributed by atoms with Crippen molar-refractivity contribution < 1.29 is 76.8 Å². The Hall–Kier alpha value is -7.08. The maximum absolute atomic E-state index is 15.7. The summed E-state index contributed by atoms with van der Waals surface area (Å²) < 4.78 is 38.6. The lowest BCUT2D eigenvalue weighted by Crippen LogP contribution is -2.82. The summed E-state index contributed by atoms with van der Waals surface area (Å²) in [4.78, 5) is 100. The van der Waals surface area contributed by atoms with Gasteiger partial charge in [0.15, 0.2) is 29.9 Å². The fraction of sp³-hybridized carbons (Fsp3) is 0.407. The third-order valence-corrected chi connectivity index (χ3v) is 14.9. The van der Waals surface area contributed by atoms with Gasteiger partial charge >= 0.3 is 29.8 Å². The number of aryl methyl sites for hydroxylation is 1. The zero-order valence-electron chi connectivity index (χ0n) is 40.4. The number of aliphatic hydroxyl groups is 2. The van der Waals surface area contributed by atoms with E-state index in [0.29, 0.717) is 5.56 Å². The number of carbonyl (C=O) groups excluding carboxylic acids is 7. The van der Waals surface area contributed by atoms with E-state index in [2.05, 4.69) is 5.32 Å². The van der Waals surface area contributed by atoms with Crippen molar-refractivity contribution in [2.45, 2.75) is 108 Å². The number of aliphatic hydroxyl groups excluding tert-OH is 1. The van der Waals surface area contributed by atoms with Crippen molar-refractivity contribution in [3.63, 3.8) is 0 Å². The van der Waals surface area contributed by atoms with Gasteiger partial charge in [0.2, 0.25) is 6.10 Å². The summed E-state index contributed by atoms with van der Waals surface area (Å²) in [6.45, 7) is 7.92. The van der Waals surface area contributed by atoms with Crippen LogP contribution in [0.5, 0.6) is 0 Å². The van der Waals surface area contributed by atoms with Gasteiger partial charge in [0, 0.05) is 43.7 Å². The summed E-state index contributed by atoms with van der Waals surface area (Å²) in [6.07, 6.45) is -7.59. The molecule has 3 N–H and O–H groups in total. The molecule has 3 aliphatic carbocycles. The topological polar surface area (TPSA) is 231 Å². The third-order valence-electron chi connectivity index (χ3n) is 14.9. The van der Waals surface area contributed by atoms with Crippen LogP contribution >= 0.6 is 0 Å². The van der Waals surface area contributed by atoms with E-state index in [1.54, 1.807) is 117 Å². The van der Waals surface area contributed by atoms with Crippen molar-refractivity contribution in [3.8, 4) is 0 Å². The predicted molar refractivity (Wildman–Crippen MR) is 249 cm³/mol. The van der Waals surface area contributed by atoms with E-state index < -0.39 is 119 Å². The molecule has 2 heterocycles. The van der Waals surface area contributed by atoms with Crippen LogP contribution in [0.25, 0.3) is 0 Å². The molecule has 1 aliphatic heterocycles. The van der Waals surface area contributed by atoms with Crippen LogP contribution in [0.4, 0.5) is 0 Å². The number of ether oxygens (including phenoxy) is 6. The molecule has 1 saturated heterocycles. The summed E-state index contributed by atoms with van der Waals surface area (Å²) >= 11 is 0. The smallest absolute Gasteiger partial charge is 0.350 e. The van der Waals surface area contributed by atoms with Gasteiger partial charge in [-0.05, 0) is 60.9 Å². The average Bonchev–Trinajstić information content (AvgIpc) is 3.33. The Bertz CT molecular complexity index is 2780. The van der Waals surface area contributed by atoms with E-state index in [4.69, 9.17) is 28.4 Å². The second kappa shape index (κ2) is 19.3. The largest absolute Gasteiger partial charge is 0.455 e. The highest BCUT2D eigenvalue weighted by molar-refractivity contribution is 5.97. The van der Waals surface area contributed by atoms with Crippen LogP contribution in [0.3, 0.4) is 0 Å². The van der Waals surface area contributed by atoms with Gasteiger partial charge in [0.05, 0.1) is 29.6 Å². The molecule has 71 heavy (non-hydrogen) atoms. The monoisotopic (exact) mass is 973 g/mol. The van der Waals surface area contributed by atoms with E-state index in [0.717, 1.165) is 13.8 Å². The number of hydrogen-bond donors (Lipinski definition) is 3. The standard InChI is InChI=1S/C54H56N2O15/c1-30-37(68-50(64)43(69-49(63)36-24-17-25-56(7)28-36)41(33-18-11-8-12-19-33)55-47(61)34-20-13-9-14-21-34)27-54(65)46(70-48(62)35-22-15-10-16-23-35)44-52(6,38(59)26-39-53(44,29-66-39)71-32(3)58)45(60)42(67-31(2)57)40(30)51(54,4)5/h8-25,28,37-39,41-44,46,59,65H,26-27,29H2,1-7H3/p+1/t37-,38-,39+,41?,42+,43?,44?,46?,52?,53-,54+/m0/s1. The third kappa shape index (κ3) is 8.91. The minimum absolute atomic E-state index is 0.0345. The SMILES string of the molecule is CC(=O)O[C@H]1C(=O)C2(C)C(C(OC(=O)c3ccccc3)[C@]3(O)C[C@H](OC(=O)C(OC(=O)c4ccc[n+](C)c4)C(NC(=O)c4ccccc4)c4ccccc4)C(C)=C1C3(C)C)[C@]1(OC(C)=O)CO[C@@H]1C[C@@H]2O.